The lowest BCUT2D eigenvalue weighted by Crippen LogP contribution is -2.41. The maximum Gasteiger partial charge on any atom is 0.233 e. The molecule has 0 bridgehead atoms. The van der Waals surface area contributed by atoms with Crippen LogP contribution in [-0.4, -0.2) is 23.7 Å². The van der Waals surface area contributed by atoms with Crippen LogP contribution in [-0.2, 0) is 4.79 Å². The quantitative estimate of drug-likeness (QED) is 0.822. The van der Waals surface area contributed by atoms with Gasteiger partial charge in [-0.3, -0.25) is 4.79 Å². The zero-order valence-electron chi connectivity index (χ0n) is 10.2. The number of carbonyl (C=O) groups is 1. The largest absolute Gasteiger partial charge is 0.351 e. The summed E-state index contributed by atoms with van der Waals surface area (Å²) in [4.78, 5) is 12.6. The van der Waals surface area contributed by atoms with Crippen LogP contribution in [0.5, 0.6) is 0 Å². The molecule has 18 heavy (non-hydrogen) atoms. The highest BCUT2D eigenvalue weighted by atomic mass is 35.5. The number of nitrogens with one attached hydrogen (secondary N) is 1. The topological polar surface area (TPSA) is 55.1 Å². The smallest absolute Gasteiger partial charge is 0.233 e. The van der Waals surface area contributed by atoms with Crippen molar-refractivity contribution >= 4 is 40.9 Å². The van der Waals surface area contributed by atoms with E-state index >= 15 is 0 Å². The predicted octanol–water partition coefficient (Wildman–Crippen LogP) is 2.94. The fourth-order valence-electron chi connectivity index (χ4n) is 1.23. The third kappa shape index (κ3) is 4.69. The summed E-state index contributed by atoms with van der Waals surface area (Å²) >= 11 is 13.3. The Kier molecular flexibility index (Phi) is 6.29. The molecule has 6 heteroatoms. The second-order valence-electron chi connectivity index (χ2n) is 3.98. The van der Waals surface area contributed by atoms with E-state index in [0.29, 0.717) is 16.6 Å². The van der Waals surface area contributed by atoms with Crippen molar-refractivity contribution in [2.75, 3.05) is 6.54 Å². The Bertz CT molecular complexity index is 429. The lowest BCUT2D eigenvalue weighted by Gasteiger charge is -2.16. The highest BCUT2D eigenvalue weighted by Crippen LogP contribution is 2.32. The third-order valence-electron chi connectivity index (χ3n) is 2.31. The van der Waals surface area contributed by atoms with E-state index in [0.717, 1.165) is 4.90 Å². The van der Waals surface area contributed by atoms with Crippen molar-refractivity contribution in [3.8, 4) is 0 Å². The van der Waals surface area contributed by atoms with Gasteiger partial charge in [0.15, 0.2) is 0 Å². The molecule has 0 aliphatic rings. The van der Waals surface area contributed by atoms with Crippen LogP contribution in [0.2, 0.25) is 10.0 Å². The molecule has 0 radical (unpaired) electrons. The average molecular weight is 307 g/mol. The maximum atomic E-state index is 11.8. The highest BCUT2D eigenvalue weighted by molar-refractivity contribution is 8.00. The molecule has 0 heterocycles. The van der Waals surface area contributed by atoms with Crippen LogP contribution in [0.4, 0.5) is 0 Å². The van der Waals surface area contributed by atoms with E-state index in [9.17, 15) is 4.79 Å². The van der Waals surface area contributed by atoms with Gasteiger partial charge in [-0.15, -0.1) is 11.8 Å². The first-order valence-corrected chi connectivity index (χ1v) is 7.19. The normalized spacial score (nSPS) is 14.1. The molecule has 0 saturated carbocycles. The number of nitrogens with two attached hydrogens (primary N) is 1. The Morgan fingerprint density at radius 2 is 2.11 bits per heavy atom. The minimum absolute atomic E-state index is 0.0321. The summed E-state index contributed by atoms with van der Waals surface area (Å²) in [7, 11) is 0. The lowest BCUT2D eigenvalue weighted by atomic mass is 10.3. The summed E-state index contributed by atoms with van der Waals surface area (Å²) in [6, 6.07) is 5.16. The summed E-state index contributed by atoms with van der Waals surface area (Å²) in [6.45, 7) is 4.10. The Morgan fingerprint density at radius 1 is 1.44 bits per heavy atom. The van der Waals surface area contributed by atoms with Gasteiger partial charge in [-0.1, -0.05) is 23.2 Å². The monoisotopic (exact) mass is 306 g/mol. The van der Waals surface area contributed by atoms with Gasteiger partial charge < -0.3 is 11.1 Å². The van der Waals surface area contributed by atoms with E-state index in [4.69, 9.17) is 28.9 Å². The Morgan fingerprint density at radius 3 is 2.72 bits per heavy atom. The zero-order chi connectivity index (χ0) is 13.7. The number of thioether (sulfide) groups is 1. The zero-order valence-corrected chi connectivity index (χ0v) is 12.6. The van der Waals surface area contributed by atoms with Gasteiger partial charge in [0.2, 0.25) is 5.91 Å². The number of rotatable bonds is 5. The SMILES string of the molecule is CC(Sc1cc(Cl)ccc1Cl)C(=O)N[C@@H](C)CN. The van der Waals surface area contributed by atoms with Crippen molar-refractivity contribution < 1.29 is 4.79 Å². The molecule has 3 N–H and O–H groups in total. The third-order valence-corrected chi connectivity index (χ3v) is 4.14. The van der Waals surface area contributed by atoms with E-state index in [1.807, 2.05) is 13.8 Å². The molecular weight excluding hydrogens is 291 g/mol. The number of hydrogen-bond acceptors (Lipinski definition) is 3. The van der Waals surface area contributed by atoms with E-state index in [-0.39, 0.29) is 17.2 Å². The van der Waals surface area contributed by atoms with E-state index in [1.165, 1.54) is 11.8 Å². The molecule has 1 aromatic carbocycles. The first kappa shape index (κ1) is 15.6. The molecule has 0 aliphatic carbocycles. The minimum Gasteiger partial charge on any atom is -0.351 e. The van der Waals surface area contributed by atoms with Gasteiger partial charge in [-0.2, -0.15) is 0 Å². The molecule has 1 unspecified atom stereocenters. The van der Waals surface area contributed by atoms with E-state index < -0.39 is 0 Å². The van der Waals surface area contributed by atoms with Crippen molar-refractivity contribution in [1.29, 1.82) is 0 Å². The minimum atomic E-state index is -0.255. The number of halogens is 2. The van der Waals surface area contributed by atoms with Gasteiger partial charge in [-0.05, 0) is 32.0 Å². The Hall–Kier alpha value is -0.420. The second-order valence-corrected chi connectivity index (χ2v) is 6.21. The van der Waals surface area contributed by atoms with Gasteiger partial charge in [0.1, 0.15) is 0 Å². The number of hydrogen-bond donors (Lipinski definition) is 2. The molecule has 3 nitrogen and oxygen atoms in total. The summed E-state index contributed by atoms with van der Waals surface area (Å²) < 4.78 is 0. The molecule has 0 fully saturated rings. The highest BCUT2D eigenvalue weighted by Gasteiger charge is 2.17. The van der Waals surface area contributed by atoms with Crippen LogP contribution in [0.3, 0.4) is 0 Å². The van der Waals surface area contributed by atoms with Gasteiger partial charge in [0.05, 0.1) is 10.3 Å². The standard InChI is InChI=1S/C12H16Cl2N2OS/c1-7(6-15)16-12(17)8(2)18-11-5-9(13)3-4-10(11)14/h3-5,7-8H,6,15H2,1-2H3,(H,16,17)/t7-,8?/m0/s1. The van der Waals surface area contributed by atoms with Gasteiger partial charge in [0, 0.05) is 22.5 Å². The van der Waals surface area contributed by atoms with Crippen molar-refractivity contribution in [2.24, 2.45) is 5.73 Å². The average Bonchev–Trinajstić information content (AvgIpc) is 2.33. The number of amides is 1. The Labute approximate surface area is 121 Å². The molecule has 2 atom stereocenters. The molecule has 1 aromatic rings. The van der Waals surface area contributed by atoms with Crippen molar-refractivity contribution in [2.45, 2.75) is 30.0 Å². The molecular formula is C12H16Cl2N2OS. The van der Waals surface area contributed by atoms with E-state index in [2.05, 4.69) is 5.32 Å². The van der Waals surface area contributed by atoms with Crippen LogP contribution in [0.15, 0.2) is 23.1 Å². The fraction of sp³-hybridized carbons (Fsp3) is 0.417. The molecule has 1 amide bonds. The van der Waals surface area contributed by atoms with Gasteiger partial charge in [0.25, 0.3) is 0 Å². The first-order chi connectivity index (χ1) is 8.43. The van der Waals surface area contributed by atoms with Crippen molar-refractivity contribution in [3.05, 3.63) is 28.2 Å². The maximum absolute atomic E-state index is 11.8. The van der Waals surface area contributed by atoms with Crippen LogP contribution in [0.25, 0.3) is 0 Å². The van der Waals surface area contributed by atoms with E-state index in [1.54, 1.807) is 18.2 Å². The molecule has 0 spiro atoms. The predicted molar refractivity (Wildman–Crippen MR) is 78.4 cm³/mol. The summed E-state index contributed by atoms with van der Waals surface area (Å²) in [6.07, 6.45) is 0. The van der Waals surface area contributed by atoms with Crippen molar-refractivity contribution in [3.63, 3.8) is 0 Å². The molecule has 0 aliphatic heterocycles. The summed E-state index contributed by atoms with van der Waals surface area (Å²) in [5.74, 6) is -0.0611. The molecule has 0 saturated heterocycles. The first-order valence-electron chi connectivity index (χ1n) is 5.56. The van der Waals surface area contributed by atoms with Crippen LogP contribution >= 0.6 is 35.0 Å². The second kappa shape index (κ2) is 7.24. The van der Waals surface area contributed by atoms with Gasteiger partial charge in [-0.25, -0.2) is 0 Å². The summed E-state index contributed by atoms with van der Waals surface area (Å²) in [5.41, 5.74) is 5.46. The number of benzene rings is 1. The van der Waals surface area contributed by atoms with Gasteiger partial charge >= 0.3 is 0 Å². The molecule has 0 aromatic heterocycles. The fourth-order valence-corrected chi connectivity index (χ4v) is 2.65. The van der Waals surface area contributed by atoms with Crippen LogP contribution < -0.4 is 11.1 Å². The lowest BCUT2D eigenvalue weighted by molar-refractivity contribution is -0.120. The van der Waals surface area contributed by atoms with Crippen LogP contribution in [0.1, 0.15) is 13.8 Å². The Balaban J connectivity index is 2.66. The van der Waals surface area contributed by atoms with Crippen molar-refractivity contribution in [1.82, 2.24) is 5.32 Å². The summed E-state index contributed by atoms with van der Waals surface area (Å²) in [5, 5.41) is 3.76. The van der Waals surface area contributed by atoms with Crippen LogP contribution in [0, 0.1) is 0 Å². The molecule has 1 rings (SSSR count). The number of carbonyl (C=O) groups excluding carboxylic acids is 1. The molecule has 100 valence electrons.